The average Bonchev–Trinajstić information content (AvgIpc) is 3.31. The molecule has 166 valence electrons. The SMILES string of the molecule is CCNC(=NCC(O)c1ccc(C)cc1)N1CCN(C(C)C(=O)N2CCCC2)CC1. The van der Waals surface area contributed by atoms with E-state index in [-0.39, 0.29) is 11.9 Å². The monoisotopic (exact) mass is 415 g/mol. The zero-order valence-corrected chi connectivity index (χ0v) is 18.7. The summed E-state index contributed by atoms with van der Waals surface area (Å²) in [6.45, 7) is 12.4. The number of hydrogen-bond donors (Lipinski definition) is 2. The molecule has 0 bridgehead atoms. The molecule has 0 spiro atoms. The second kappa shape index (κ2) is 10.8. The number of rotatable bonds is 6. The molecule has 1 amide bonds. The van der Waals surface area contributed by atoms with E-state index in [0.29, 0.717) is 6.54 Å². The molecule has 2 saturated heterocycles. The van der Waals surface area contributed by atoms with E-state index in [9.17, 15) is 9.90 Å². The van der Waals surface area contributed by atoms with Crippen molar-refractivity contribution in [1.29, 1.82) is 0 Å². The molecule has 0 aromatic heterocycles. The largest absolute Gasteiger partial charge is 0.386 e. The zero-order chi connectivity index (χ0) is 21.5. The molecule has 3 rings (SSSR count). The lowest BCUT2D eigenvalue weighted by Crippen LogP contribution is -2.57. The Bertz CT molecular complexity index is 707. The van der Waals surface area contributed by atoms with Crippen LogP contribution in [0.15, 0.2) is 29.3 Å². The van der Waals surface area contributed by atoms with Crippen LogP contribution in [0.1, 0.15) is 43.9 Å². The van der Waals surface area contributed by atoms with Crippen molar-refractivity contribution in [3.8, 4) is 0 Å². The number of aliphatic hydroxyl groups excluding tert-OH is 1. The summed E-state index contributed by atoms with van der Waals surface area (Å²) in [6, 6.07) is 7.88. The fraction of sp³-hybridized carbons (Fsp3) is 0.652. The van der Waals surface area contributed by atoms with Crippen LogP contribution in [0.2, 0.25) is 0 Å². The molecule has 2 N–H and O–H groups in total. The van der Waals surface area contributed by atoms with Crippen molar-refractivity contribution < 1.29 is 9.90 Å². The Labute approximate surface area is 180 Å². The molecule has 0 radical (unpaired) electrons. The molecule has 0 saturated carbocycles. The fourth-order valence-corrected chi connectivity index (χ4v) is 4.17. The van der Waals surface area contributed by atoms with Crippen LogP contribution in [0.25, 0.3) is 0 Å². The molecule has 2 unspecified atom stereocenters. The van der Waals surface area contributed by atoms with E-state index in [4.69, 9.17) is 4.99 Å². The summed E-state index contributed by atoms with van der Waals surface area (Å²) in [7, 11) is 0. The lowest BCUT2D eigenvalue weighted by Gasteiger charge is -2.39. The number of piperazine rings is 1. The van der Waals surface area contributed by atoms with Crippen LogP contribution < -0.4 is 5.32 Å². The predicted molar refractivity (Wildman–Crippen MR) is 121 cm³/mol. The maximum Gasteiger partial charge on any atom is 0.239 e. The van der Waals surface area contributed by atoms with E-state index in [1.165, 1.54) is 5.56 Å². The number of nitrogens with one attached hydrogen (secondary N) is 1. The van der Waals surface area contributed by atoms with Crippen molar-refractivity contribution in [2.24, 2.45) is 4.99 Å². The Morgan fingerprint density at radius 1 is 1.07 bits per heavy atom. The van der Waals surface area contributed by atoms with Crippen LogP contribution in [0.4, 0.5) is 0 Å². The van der Waals surface area contributed by atoms with E-state index in [2.05, 4.69) is 22.0 Å². The minimum atomic E-state index is -0.612. The number of carbonyl (C=O) groups is 1. The Balaban J connectivity index is 1.54. The number of amides is 1. The summed E-state index contributed by atoms with van der Waals surface area (Å²) >= 11 is 0. The maximum atomic E-state index is 12.7. The van der Waals surface area contributed by atoms with E-state index in [0.717, 1.165) is 70.2 Å². The first kappa shape index (κ1) is 22.6. The van der Waals surface area contributed by atoms with Crippen LogP contribution >= 0.6 is 0 Å². The molecule has 1 aromatic rings. The molecule has 7 heteroatoms. The minimum Gasteiger partial charge on any atom is -0.386 e. The van der Waals surface area contributed by atoms with E-state index in [1.54, 1.807) is 0 Å². The number of aliphatic hydroxyl groups is 1. The van der Waals surface area contributed by atoms with Crippen LogP contribution in [0, 0.1) is 6.92 Å². The van der Waals surface area contributed by atoms with Crippen LogP contribution in [0.3, 0.4) is 0 Å². The van der Waals surface area contributed by atoms with Gasteiger partial charge in [0.05, 0.1) is 18.7 Å². The highest BCUT2D eigenvalue weighted by Crippen LogP contribution is 2.16. The van der Waals surface area contributed by atoms with E-state index < -0.39 is 6.10 Å². The number of nitrogens with zero attached hydrogens (tertiary/aromatic N) is 4. The number of guanidine groups is 1. The van der Waals surface area contributed by atoms with Crippen LogP contribution in [0.5, 0.6) is 0 Å². The second-order valence-corrected chi connectivity index (χ2v) is 8.35. The Morgan fingerprint density at radius 2 is 1.70 bits per heavy atom. The van der Waals surface area contributed by atoms with Gasteiger partial charge in [-0.05, 0) is 39.2 Å². The van der Waals surface area contributed by atoms with Gasteiger partial charge in [0, 0.05) is 45.8 Å². The summed E-state index contributed by atoms with van der Waals surface area (Å²) in [5.74, 6) is 1.10. The van der Waals surface area contributed by atoms with Crippen LogP contribution in [-0.2, 0) is 4.79 Å². The summed E-state index contributed by atoms with van der Waals surface area (Å²) < 4.78 is 0. The van der Waals surface area contributed by atoms with Gasteiger partial charge in [0.15, 0.2) is 5.96 Å². The van der Waals surface area contributed by atoms with Crippen molar-refractivity contribution in [3.63, 3.8) is 0 Å². The lowest BCUT2D eigenvalue weighted by atomic mass is 10.1. The molecular weight excluding hydrogens is 378 g/mol. The summed E-state index contributed by atoms with van der Waals surface area (Å²) in [5, 5.41) is 13.9. The van der Waals surface area contributed by atoms with Crippen molar-refractivity contribution >= 4 is 11.9 Å². The zero-order valence-electron chi connectivity index (χ0n) is 18.7. The standard InChI is InChI=1S/C23H37N5O2/c1-4-24-23(25-17-21(29)20-9-7-18(2)8-10-20)28-15-13-26(14-16-28)19(3)22(30)27-11-5-6-12-27/h7-10,19,21,29H,4-6,11-17H2,1-3H3,(H,24,25). The van der Waals surface area contributed by atoms with Crippen molar-refractivity contribution in [1.82, 2.24) is 20.0 Å². The van der Waals surface area contributed by atoms with Crippen LogP contribution in [-0.4, -0.2) is 90.1 Å². The van der Waals surface area contributed by atoms with Gasteiger partial charge < -0.3 is 20.2 Å². The maximum absolute atomic E-state index is 12.7. The summed E-state index contributed by atoms with van der Waals surface area (Å²) in [6.07, 6.45) is 1.64. The Kier molecular flexibility index (Phi) is 8.10. The highest BCUT2D eigenvalue weighted by Gasteiger charge is 2.30. The van der Waals surface area contributed by atoms with Gasteiger partial charge in [-0.15, -0.1) is 0 Å². The third kappa shape index (κ3) is 5.73. The number of benzene rings is 1. The van der Waals surface area contributed by atoms with E-state index in [1.807, 2.05) is 43.0 Å². The van der Waals surface area contributed by atoms with Gasteiger partial charge in [0.25, 0.3) is 0 Å². The quantitative estimate of drug-likeness (QED) is 0.546. The predicted octanol–water partition coefficient (Wildman–Crippen LogP) is 1.62. The first-order valence-corrected chi connectivity index (χ1v) is 11.3. The van der Waals surface area contributed by atoms with Gasteiger partial charge in [-0.3, -0.25) is 14.7 Å². The number of aryl methyl sites for hydroxylation is 1. The Hall–Kier alpha value is -2.12. The third-order valence-corrected chi connectivity index (χ3v) is 6.15. The number of aliphatic imine (C=N–C) groups is 1. The van der Waals surface area contributed by atoms with E-state index >= 15 is 0 Å². The first-order chi connectivity index (χ1) is 14.5. The normalized spacial score (nSPS) is 20.3. The molecule has 2 heterocycles. The number of carbonyl (C=O) groups excluding carboxylic acids is 1. The average molecular weight is 416 g/mol. The molecule has 1 aromatic carbocycles. The molecule has 0 aliphatic carbocycles. The lowest BCUT2D eigenvalue weighted by molar-refractivity contribution is -0.135. The third-order valence-electron chi connectivity index (χ3n) is 6.15. The smallest absolute Gasteiger partial charge is 0.239 e. The van der Waals surface area contributed by atoms with Gasteiger partial charge in [-0.25, -0.2) is 0 Å². The molecular formula is C23H37N5O2. The first-order valence-electron chi connectivity index (χ1n) is 11.3. The van der Waals surface area contributed by atoms with Gasteiger partial charge in [-0.2, -0.15) is 0 Å². The second-order valence-electron chi connectivity index (χ2n) is 8.35. The fourth-order valence-electron chi connectivity index (χ4n) is 4.17. The minimum absolute atomic E-state index is 0.0619. The number of likely N-dealkylation sites (tertiary alicyclic amines) is 1. The molecule has 2 aliphatic heterocycles. The van der Waals surface area contributed by atoms with Crippen molar-refractivity contribution in [3.05, 3.63) is 35.4 Å². The Morgan fingerprint density at radius 3 is 2.30 bits per heavy atom. The molecule has 30 heavy (non-hydrogen) atoms. The number of hydrogen-bond acceptors (Lipinski definition) is 4. The van der Waals surface area contributed by atoms with Crippen molar-refractivity contribution in [2.75, 3.05) is 52.4 Å². The topological polar surface area (TPSA) is 71.4 Å². The van der Waals surface area contributed by atoms with Gasteiger partial charge in [-0.1, -0.05) is 29.8 Å². The van der Waals surface area contributed by atoms with Gasteiger partial charge in [0.2, 0.25) is 5.91 Å². The van der Waals surface area contributed by atoms with Gasteiger partial charge >= 0.3 is 0 Å². The summed E-state index contributed by atoms with van der Waals surface area (Å²) in [5.41, 5.74) is 2.07. The molecule has 2 aliphatic rings. The highest BCUT2D eigenvalue weighted by molar-refractivity contribution is 5.82. The molecule has 7 nitrogen and oxygen atoms in total. The molecule has 2 atom stereocenters. The summed E-state index contributed by atoms with van der Waals surface area (Å²) in [4.78, 5) is 23.9. The molecule has 2 fully saturated rings. The van der Waals surface area contributed by atoms with Gasteiger partial charge in [0.1, 0.15) is 0 Å². The highest BCUT2D eigenvalue weighted by atomic mass is 16.3. The van der Waals surface area contributed by atoms with Crippen molar-refractivity contribution in [2.45, 2.75) is 45.8 Å².